The van der Waals surface area contributed by atoms with Gasteiger partial charge >= 0.3 is 0 Å². The van der Waals surface area contributed by atoms with E-state index in [9.17, 15) is 8.42 Å². The summed E-state index contributed by atoms with van der Waals surface area (Å²) in [6.45, 7) is 1.71. The van der Waals surface area contributed by atoms with Gasteiger partial charge in [-0.1, -0.05) is 0 Å². The molecule has 0 fully saturated rings. The first kappa shape index (κ1) is 11.2. The molecule has 84 valence electrons. The summed E-state index contributed by atoms with van der Waals surface area (Å²) in [5.41, 5.74) is 1.61. The van der Waals surface area contributed by atoms with Crippen LogP contribution in [0.4, 0.5) is 0 Å². The van der Waals surface area contributed by atoms with Crippen LogP contribution in [0.1, 0.15) is 5.69 Å². The topological polar surface area (TPSA) is 85.9 Å². The van der Waals surface area contributed by atoms with E-state index in [1.165, 1.54) is 11.5 Å². The molecule has 7 heteroatoms. The van der Waals surface area contributed by atoms with Gasteiger partial charge in [0.25, 0.3) is 10.0 Å². The van der Waals surface area contributed by atoms with Crippen molar-refractivity contribution in [1.82, 2.24) is 9.36 Å². The summed E-state index contributed by atoms with van der Waals surface area (Å²) >= 11 is 1.24. The van der Waals surface area contributed by atoms with Gasteiger partial charge in [0.2, 0.25) is 0 Å². The van der Waals surface area contributed by atoms with E-state index in [0.717, 1.165) is 0 Å². The fraction of sp³-hybridized carbons (Fsp3) is 0.111. The van der Waals surface area contributed by atoms with E-state index in [0.29, 0.717) is 17.0 Å². The van der Waals surface area contributed by atoms with Crippen LogP contribution < -0.4 is 5.14 Å². The second kappa shape index (κ2) is 3.93. The van der Waals surface area contributed by atoms with E-state index in [2.05, 4.69) is 9.36 Å². The van der Waals surface area contributed by atoms with Crippen LogP contribution in [0, 0.1) is 6.92 Å². The van der Waals surface area contributed by atoms with Crippen LogP contribution in [0.25, 0.3) is 11.3 Å². The van der Waals surface area contributed by atoms with Gasteiger partial charge in [0.05, 0.1) is 5.69 Å². The summed E-state index contributed by atoms with van der Waals surface area (Å²) in [6.07, 6.45) is 0. The predicted octanol–water partition coefficient (Wildman–Crippen LogP) is 1.16. The minimum Gasteiger partial charge on any atom is -0.240 e. The van der Waals surface area contributed by atoms with E-state index >= 15 is 0 Å². The number of nitrogens with zero attached hydrogens (tertiary/aromatic N) is 2. The van der Waals surface area contributed by atoms with Crippen molar-refractivity contribution in [3.63, 3.8) is 0 Å². The van der Waals surface area contributed by atoms with Crippen LogP contribution in [0.2, 0.25) is 0 Å². The lowest BCUT2D eigenvalue weighted by molar-refractivity contribution is 0.594. The SMILES string of the molecule is Cc1ccc(-c2ccsn2)c(S(N)(=O)=O)n1. The molecule has 0 aliphatic heterocycles. The van der Waals surface area contributed by atoms with E-state index in [1.807, 2.05) is 0 Å². The number of hydrogen-bond acceptors (Lipinski definition) is 5. The summed E-state index contributed by atoms with van der Waals surface area (Å²) in [4.78, 5) is 3.95. The molecule has 0 aliphatic rings. The average molecular weight is 255 g/mol. The van der Waals surface area contributed by atoms with Gasteiger partial charge in [0.15, 0.2) is 5.03 Å². The lowest BCUT2D eigenvalue weighted by atomic mass is 10.2. The summed E-state index contributed by atoms with van der Waals surface area (Å²) in [5, 5.41) is 6.76. The fourth-order valence-corrected chi connectivity index (χ4v) is 2.57. The molecule has 0 amide bonds. The number of pyridine rings is 1. The highest BCUT2D eigenvalue weighted by Gasteiger charge is 2.18. The zero-order valence-electron chi connectivity index (χ0n) is 8.41. The summed E-state index contributed by atoms with van der Waals surface area (Å²) in [7, 11) is -3.83. The normalized spacial score (nSPS) is 11.6. The molecule has 0 saturated carbocycles. The van der Waals surface area contributed by atoms with Gasteiger partial charge in [-0.2, -0.15) is 4.37 Å². The van der Waals surface area contributed by atoms with Crippen molar-refractivity contribution in [3.8, 4) is 11.3 Å². The maximum Gasteiger partial charge on any atom is 0.256 e. The molecule has 0 atom stereocenters. The van der Waals surface area contributed by atoms with Gasteiger partial charge in [-0.25, -0.2) is 18.5 Å². The number of hydrogen-bond donors (Lipinski definition) is 1. The molecule has 2 N–H and O–H groups in total. The minimum atomic E-state index is -3.83. The van der Waals surface area contributed by atoms with Crippen molar-refractivity contribution in [2.24, 2.45) is 5.14 Å². The summed E-state index contributed by atoms with van der Waals surface area (Å²) in [6, 6.07) is 5.12. The summed E-state index contributed by atoms with van der Waals surface area (Å²) < 4.78 is 26.9. The number of primary sulfonamides is 1. The van der Waals surface area contributed by atoms with Crippen LogP contribution in [0.5, 0.6) is 0 Å². The standard InChI is InChI=1S/C9H9N3O2S2/c1-6-2-3-7(8-4-5-15-12-8)9(11-6)16(10,13)14/h2-5H,1H3,(H2,10,13,14). The van der Waals surface area contributed by atoms with Gasteiger partial charge in [0.1, 0.15) is 0 Å². The molecule has 0 unspecified atom stereocenters. The van der Waals surface area contributed by atoms with Crippen molar-refractivity contribution in [1.29, 1.82) is 0 Å². The van der Waals surface area contributed by atoms with E-state index in [1.54, 1.807) is 30.5 Å². The molecule has 0 bridgehead atoms. The van der Waals surface area contributed by atoms with Gasteiger partial charge in [-0.05, 0) is 36.7 Å². The lowest BCUT2D eigenvalue weighted by Gasteiger charge is -2.05. The maximum absolute atomic E-state index is 11.4. The van der Waals surface area contributed by atoms with Crippen molar-refractivity contribution in [3.05, 3.63) is 29.3 Å². The van der Waals surface area contributed by atoms with Crippen molar-refractivity contribution in [2.45, 2.75) is 11.9 Å². The molecule has 5 nitrogen and oxygen atoms in total. The Bertz CT molecular complexity index is 606. The monoisotopic (exact) mass is 255 g/mol. The van der Waals surface area contributed by atoms with Crippen LogP contribution in [-0.4, -0.2) is 17.8 Å². The zero-order chi connectivity index (χ0) is 11.8. The quantitative estimate of drug-likeness (QED) is 0.872. The van der Waals surface area contributed by atoms with Gasteiger partial charge in [-0.15, -0.1) is 0 Å². The van der Waals surface area contributed by atoms with Crippen molar-refractivity contribution in [2.75, 3.05) is 0 Å². The molecule has 2 aromatic rings. The Labute approximate surface area is 97.2 Å². The Morgan fingerprint density at radius 1 is 1.31 bits per heavy atom. The molecule has 2 heterocycles. The van der Waals surface area contributed by atoms with Gasteiger partial charge in [-0.3, -0.25) is 0 Å². The van der Waals surface area contributed by atoms with Crippen LogP contribution >= 0.6 is 11.5 Å². The second-order valence-corrected chi connectivity index (χ2v) is 5.38. The number of aryl methyl sites for hydroxylation is 1. The third kappa shape index (κ3) is 2.11. The van der Waals surface area contributed by atoms with Gasteiger partial charge < -0.3 is 0 Å². The molecule has 16 heavy (non-hydrogen) atoms. The first-order valence-corrected chi connectivity index (χ1v) is 6.78. The van der Waals surface area contributed by atoms with Crippen molar-refractivity contribution < 1.29 is 8.42 Å². The second-order valence-electron chi connectivity index (χ2n) is 3.24. The molecular formula is C9H9N3O2S2. The number of aromatic nitrogens is 2. The fourth-order valence-electron chi connectivity index (χ4n) is 1.30. The molecule has 0 aromatic carbocycles. The molecule has 0 radical (unpaired) electrons. The third-order valence-corrected chi connectivity index (χ3v) is 3.39. The Morgan fingerprint density at radius 3 is 2.62 bits per heavy atom. The molecule has 0 spiro atoms. The van der Waals surface area contributed by atoms with Crippen LogP contribution in [-0.2, 0) is 10.0 Å². The van der Waals surface area contributed by atoms with Gasteiger partial charge in [0, 0.05) is 16.6 Å². The molecule has 2 aromatic heterocycles. The minimum absolute atomic E-state index is 0.126. The number of sulfonamides is 1. The Kier molecular flexibility index (Phi) is 2.75. The Balaban J connectivity index is 2.72. The summed E-state index contributed by atoms with van der Waals surface area (Å²) in [5.74, 6) is 0. The predicted molar refractivity (Wildman–Crippen MR) is 61.5 cm³/mol. The molecular weight excluding hydrogens is 246 g/mol. The largest absolute Gasteiger partial charge is 0.256 e. The Morgan fingerprint density at radius 2 is 2.06 bits per heavy atom. The first-order valence-electron chi connectivity index (χ1n) is 4.39. The highest BCUT2D eigenvalue weighted by molar-refractivity contribution is 7.89. The number of rotatable bonds is 2. The van der Waals surface area contributed by atoms with Crippen LogP contribution in [0.3, 0.4) is 0 Å². The average Bonchev–Trinajstić information content (AvgIpc) is 2.69. The molecule has 0 aliphatic carbocycles. The third-order valence-electron chi connectivity index (χ3n) is 1.98. The number of nitrogens with two attached hydrogens (primary N) is 1. The zero-order valence-corrected chi connectivity index (χ0v) is 10.0. The molecule has 0 saturated heterocycles. The Hall–Kier alpha value is -1.31. The van der Waals surface area contributed by atoms with E-state index in [4.69, 9.17) is 5.14 Å². The highest BCUT2D eigenvalue weighted by atomic mass is 32.2. The first-order chi connectivity index (χ1) is 7.48. The van der Waals surface area contributed by atoms with E-state index < -0.39 is 10.0 Å². The smallest absolute Gasteiger partial charge is 0.240 e. The lowest BCUT2D eigenvalue weighted by Crippen LogP contribution is -2.15. The van der Waals surface area contributed by atoms with Crippen molar-refractivity contribution >= 4 is 21.6 Å². The van der Waals surface area contributed by atoms with E-state index in [-0.39, 0.29) is 5.03 Å². The van der Waals surface area contributed by atoms with Crippen LogP contribution in [0.15, 0.2) is 28.6 Å². The highest BCUT2D eigenvalue weighted by Crippen LogP contribution is 2.24. The molecule has 2 rings (SSSR count). The maximum atomic E-state index is 11.4.